The first kappa shape index (κ1) is 23.6. The highest BCUT2D eigenvalue weighted by molar-refractivity contribution is 6.30. The monoisotopic (exact) mass is 474 g/mol. The van der Waals surface area contributed by atoms with Gasteiger partial charge in [-0.05, 0) is 61.1 Å². The van der Waals surface area contributed by atoms with E-state index in [9.17, 15) is 4.79 Å². The number of nitrogens with zero attached hydrogens (tertiary/aromatic N) is 1. The summed E-state index contributed by atoms with van der Waals surface area (Å²) in [6.07, 6.45) is 1.90. The summed E-state index contributed by atoms with van der Waals surface area (Å²) in [6.45, 7) is 4.09. The summed E-state index contributed by atoms with van der Waals surface area (Å²) < 4.78 is 5.67. The Morgan fingerprint density at radius 2 is 1.65 bits per heavy atom. The second-order valence-corrected chi connectivity index (χ2v) is 8.97. The van der Waals surface area contributed by atoms with Gasteiger partial charge >= 0.3 is 5.97 Å². The second kappa shape index (κ2) is 10.6. The largest absolute Gasteiger partial charge is 0.481 e. The average molecular weight is 475 g/mol. The van der Waals surface area contributed by atoms with Crippen molar-refractivity contribution in [3.63, 3.8) is 0 Å². The van der Waals surface area contributed by atoms with E-state index in [4.69, 9.17) is 21.2 Å². The van der Waals surface area contributed by atoms with Crippen molar-refractivity contribution in [3.05, 3.63) is 94.6 Å². The van der Waals surface area contributed by atoms with Crippen LogP contribution in [-0.4, -0.2) is 22.3 Å². The predicted molar refractivity (Wildman–Crippen MR) is 136 cm³/mol. The highest BCUT2D eigenvalue weighted by atomic mass is 35.5. The number of aromatic nitrogens is 1. The van der Waals surface area contributed by atoms with Crippen LogP contribution < -0.4 is 5.32 Å². The molecular formula is C28H27ClN2O3. The zero-order valence-electron chi connectivity index (χ0n) is 19.2. The predicted octanol–water partition coefficient (Wildman–Crippen LogP) is 7.03. The number of rotatable bonds is 9. The van der Waals surface area contributed by atoms with Gasteiger partial charge in [-0.15, -0.1) is 0 Å². The van der Waals surface area contributed by atoms with E-state index in [0.29, 0.717) is 0 Å². The van der Waals surface area contributed by atoms with Crippen molar-refractivity contribution < 1.29 is 14.4 Å². The van der Waals surface area contributed by atoms with Crippen molar-refractivity contribution >= 4 is 23.3 Å². The van der Waals surface area contributed by atoms with Crippen molar-refractivity contribution in [2.75, 3.05) is 5.32 Å². The molecule has 4 aromatic rings. The van der Waals surface area contributed by atoms with Crippen LogP contribution in [0, 0.1) is 6.92 Å². The van der Waals surface area contributed by atoms with Crippen LogP contribution in [0.15, 0.2) is 77.3 Å². The molecule has 0 bridgehead atoms. The molecule has 0 amide bonds. The molecule has 3 aromatic carbocycles. The van der Waals surface area contributed by atoms with Gasteiger partial charge in [-0.2, -0.15) is 0 Å². The number of aliphatic carboxylic acids is 1. The topological polar surface area (TPSA) is 75.4 Å². The van der Waals surface area contributed by atoms with E-state index in [1.165, 1.54) is 5.56 Å². The molecule has 1 aromatic heterocycles. The number of halogens is 1. The van der Waals surface area contributed by atoms with Crippen LogP contribution in [0.25, 0.3) is 22.5 Å². The van der Waals surface area contributed by atoms with Gasteiger partial charge in [0.15, 0.2) is 5.76 Å². The van der Waals surface area contributed by atoms with Gasteiger partial charge in [-0.25, -0.2) is 0 Å². The maximum absolute atomic E-state index is 10.9. The van der Waals surface area contributed by atoms with E-state index in [2.05, 4.69) is 23.5 Å². The fourth-order valence-corrected chi connectivity index (χ4v) is 4.15. The van der Waals surface area contributed by atoms with E-state index in [0.717, 1.165) is 57.3 Å². The summed E-state index contributed by atoms with van der Waals surface area (Å²) in [7, 11) is 0. The van der Waals surface area contributed by atoms with Gasteiger partial charge in [0.1, 0.15) is 11.4 Å². The number of carbonyl (C=O) groups is 1. The molecule has 0 radical (unpaired) electrons. The van der Waals surface area contributed by atoms with Crippen LogP contribution in [0.2, 0.25) is 5.02 Å². The van der Waals surface area contributed by atoms with Crippen LogP contribution in [0.4, 0.5) is 5.69 Å². The standard InChI is InChI=1S/C28H27ClN2O3/c1-18(6-7-20-4-3-5-25(29)16-20)30-27-19(2)31-34-28(27)24-14-12-23(13-15-24)22-10-8-21(9-11-22)17-26(32)33/h3-5,8-16,18,30H,6-7,17H2,1-2H3,(H,32,33). The fourth-order valence-electron chi connectivity index (χ4n) is 3.93. The molecule has 0 saturated carbocycles. The van der Waals surface area contributed by atoms with Gasteiger partial charge < -0.3 is 14.9 Å². The first-order chi connectivity index (χ1) is 16.4. The Kier molecular flexibility index (Phi) is 7.33. The lowest BCUT2D eigenvalue weighted by Crippen LogP contribution is -2.16. The molecule has 6 heteroatoms. The molecule has 0 aliphatic heterocycles. The molecule has 34 heavy (non-hydrogen) atoms. The molecular weight excluding hydrogens is 448 g/mol. The van der Waals surface area contributed by atoms with Gasteiger partial charge in [0.2, 0.25) is 0 Å². The summed E-state index contributed by atoms with van der Waals surface area (Å²) in [4.78, 5) is 10.9. The lowest BCUT2D eigenvalue weighted by atomic mass is 10.0. The van der Waals surface area contributed by atoms with Crippen molar-refractivity contribution in [2.45, 2.75) is 39.2 Å². The van der Waals surface area contributed by atoms with Crippen LogP contribution >= 0.6 is 11.6 Å². The Labute approximate surface area is 204 Å². The number of nitrogens with one attached hydrogen (secondary N) is 1. The number of aryl methyl sites for hydroxylation is 2. The van der Waals surface area contributed by atoms with E-state index in [1.807, 2.05) is 73.7 Å². The molecule has 0 saturated heterocycles. The third kappa shape index (κ3) is 5.86. The summed E-state index contributed by atoms with van der Waals surface area (Å²) in [5.41, 5.74) is 6.75. The van der Waals surface area contributed by atoms with Gasteiger partial charge in [-0.3, -0.25) is 4.79 Å². The van der Waals surface area contributed by atoms with Crippen molar-refractivity contribution in [1.82, 2.24) is 5.16 Å². The Bertz CT molecular complexity index is 1260. The molecule has 4 rings (SSSR count). The molecule has 1 atom stereocenters. The molecule has 0 fully saturated rings. The first-order valence-corrected chi connectivity index (χ1v) is 11.7. The number of hydrogen-bond acceptors (Lipinski definition) is 4. The minimum Gasteiger partial charge on any atom is -0.481 e. The maximum Gasteiger partial charge on any atom is 0.307 e. The van der Waals surface area contributed by atoms with E-state index < -0.39 is 5.97 Å². The highest BCUT2D eigenvalue weighted by Gasteiger charge is 2.17. The average Bonchev–Trinajstić information content (AvgIpc) is 3.18. The summed E-state index contributed by atoms with van der Waals surface area (Å²) in [6, 6.07) is 23.9. The number of carboxylic acids is 1. The number of hydrogen-bond donors (Lipinski definition) is 2. The van der Waals surface area contributed by atoms with Crippen LogP contribution in [-0.2, 0) is 17.6 Å². The Morgan fingerprint density at radius 3 is 2.29 bits per heavy atom. The zero-order chi connectivity index (χ0) is 24.1. The second-order valence-electron chi connectivity index (χ2n) is 8.53. The molecule has 1 unspecified atom stereocenters. The molecule has 2 N–H and O–H groups in total. The molecule has 1 heterocycles. The molecule has 0 aliphatic rings. The normalized spacial score (nSPS) is 11.9. The van der Waals surface area contributed by atoms with Gasteiger partial charge in [-0.1, -0.05) is 77.4 Å². The van der Waals surface area contributed by atoms with Crippen molar-refractivity contribution in [2.24, 2.45) is 0 Å². The Morgan fingerprint density at radius 1 is 1.00 bits per heavy atom. The van der Waals surface area contributed by atoms with E-state index >= 15 is 0 Å². The molecule has 174 valence electrons. The first-order valence-electron chi connectivity index (χ1n) is 11.3. The lowest BCUT2D eigenvalue weighted by Gasteiger charge is -2.15. The minimum absolute atomic E-state index is 0.0252. The number of anilines is 1. The van der Waals surface area contributed by atoms with E-state index in [1.54, 1.807) is 0 Å². The summed E-state index contributed by atoms with van der Waals surface area (Å²) in [5.74, 6) is -0.113. The Hall–Kier alpha value is -3.57. The lowest BCUT2D eigenvalue weighted by molar-refractivity contribution is -0.136. The van der Waals surface area contributed by atoms with Gasteiger partial charge in [0, 0.05) is 16.6 Å². The minimum atomic E-state index is -0.831. The Balaban J connectivity index is 1.45. The highest BCUT2D eigenvalue weighted by Crippen LogP contribution is 2.33. The molecule has 5 nitrogen and oxygen atoms in total. The summed E-state index contributed by atoms with van der Waals surface area (Å²) in [5, 5.41) is 17.5. The maximum atomic E-state index is 10.9. The molecule has 0 aliphatic carbocycles. The zero-order valence-corrected chi connectivity index (χ0v) is 20.0. The van der Waals surface area contributed by atoms with Crippen LogP contribution in [0.5, 0.6) is 0 Å². The number of benzene rings is 3. The fraction of sp³-hybridized carbons (Fsp3) is 0.214. The van der Waals surface area contributed by atoms with Crippen molar-refractivity contribution in [3.8, 4) is 22.5 Å². The van der Waals surface area contributed by atoms with Gasteiger partial charge in [0.05, 0.1) is 6.42 Å². The van der Waals surface area contributed by atoms with E-state index in [-0.39, 0.29) is 12.5 Å². The SMILES string of the molecule is Cc1noc(-c2ccc(-c3ccc(CC(=O)O)cc3)cc2)c1NC(C)CCc1cccc(Cl)c1. The smallest absolute Gasteiger partial charge is 0.307 e. The van der Waals surface area contributed by atoms with Gasteiger partial charge in [0.25, 0.3) is 0 Å². The third-order valence-corrected chi connectivity index (χ3v) is 6.03. The summed E-state index contributed by atoms with van der Waals surface area (Å²) >= 11 is 6.10. The third-order valence-electron chi connectivity index (χ3n) is 5.80. The van der Waals surface area contributed by atoms with Crippen LogP contribution in [0.1, 0.15) is 30.2 Å². The van der Waals surface area contributed by atoms with Crippen LogP contribution in [0.3, 0.4) is 0 Å². The van der Waals surface area contributed by atoms with Crippen molar-refractivity contribution in [1.29, 1.82) is 0 Å². The number of carboxylic acid groups (broad SMARTS) is 1. The molecule has 0 spiro atoms. The quantitative estimate of drug-likeness (QED) is 0.272.